The molecule has 0 amide bonds. The van der Waals surface area contributed by atoms with Gasteiger partial charge in [-0.15, -0.1) is 11.8 Å². The fraction of sp³-hybridized carbons (Fsp3) is 0.571. The molecule has 0 saturated heterocycles. The molecule has 1 aliphatic rings. The van der Waals surface area contributed by atoms with Crippen LogP contribution in [0.4, 0.5) is 5.69 Å². The maximum absolute atomic E-state index is 3.74. The summed E-state index contributed by atoms with van der Waals surface area (Å²) in [6.07, 6.45) is 7.57. The molecule has 1 aliphatic carbocycles. The van der Waals surface area contributed by atoms with Gasteiger partial charge in [-0.1, -0.05) is 31.9 Å². The SMILES string of the molecule is CCC1CCCC1Nc1ccccc1SC. The Balaban J connectivity index is 2.08. The van der Waals surface area contributed by atoms with Gasteiger partial charge in [-0.2, -0.15) is 0 Å². The molecule has 2 rings (SSSR count). The number of hydrogen-bond acceptors (Lipinski definition) is 2. The van der Waals surface area contributed by atoms with Gasteiger partial charge < -0.3 is 5.32 Å². The first-order valence-corrected chi connectivity index (χ1v) is 7.47. The second-order valence-corrected chi connectivity index (χ2v) is 5.40. The van der Waals surface area contributed by atoms with Gasteiger partial charge in [0.2, 0.25) is 0 Å². The smallest absolute Gasteiger partial charge is 0.0480 e. The van der Waals surface area contributed by atoms with Crippen molar-refractivity contribution < 1.29 is 0 Å². The van der Waals surface area contributed by atoms with E-state index >= 15 is 0 Å². The zero-order valence-corrected chi connectivity index (χ0v) is 11.0. The van der Waals surface area contributed by atoms with Gasteiger partial charge in [0.25, 0.3) is 0 Å². The van der Waals surface area contributed by atoms with Gasteiger partial charge in [-0.3, -0.25) is 0 Å². The molecule has 88 valence electrons. The fourth-order valence-corrected chi connectivity index (χ4v) is 3.24. The Morgan fingerprint density at radius 1 is 1.31 bits per heavy atom. The van der Waals surface area contributed by atoms with Gasteiger partial charge in [0.15, 0.2) is 0 Å². The summed E-state index contributed by atoms with van der Waals surface area (Å²) in [5, 5.41) is 3.74. The fourth-order valence-electron chi connectivity index (χ4n) is 2.68. The molecular weight excluding hydrogens is 214 g/mol. The van der Waals surface area contributed by atoms with Crippen molar-refractivity contribution in [3.8, 4) is 0 Å². The molecular formula is C14H21NS. The second kappa shape index (κ2) is 5.62. The monoisotopic (exact) mass is 235 g/mol. The highest BCUT2D eigenvalue weighted by Gasteiger charge is 2.25. The van der Waals surface area contributed by atoms with Crippen molar-refractivity contribution in [1.82, 2.24) is 0 Å². The summed E-state index contributed by atoms with van der Waals surface area (Å²) in [5.41, 5.74) is 1.32. The molecule has 0 aromatic heterocycles. The lowest BCUT2D eigenvalue weighted by Crippen LogP contribution is -2.23. The molecule has 0 bridgehead atoms. The zero-order chi connectivity index (χ0) is 11.4. The molecule has 0 radical (unpaired) electrons. The summed E-state index contributed by atoms with van der Waals surface area (Å²) in [4.78, 5) is 1.37. The van der Waals surface area contributed by atoms with Gasteiger partial charge in [0.1, 0.15) is 0 Å². The maximum Gasteiger partial charge on any atom is 0.0480 e. The summed E-state index contributed by atoms with van der Waals surface area (Å²) >= 11 is 1.83. The summed E-state index contributed by atoms with van der Waals surface area (Å²) in [6.45, 7) is 2.31. The predicted molar refractivity (Wildman–Crippen MR) is 73.3 cm³/mol. The molecule has 1 nitrogen and oxygen atoms in total. The van der Waals surface area contributed by atoms with E-state index < -0.39 is 0 Å². The van der Waals surface area contributed by atoms with Crippen molar-refractivity contribution in [3.05, 3.63) is 24.3 Å². The van der Waals surface area contributed by atoms with E-state index in [2.05, 4.69) is 42.8 Å². The van der Waals surface area contributed by atoms with Crippen LogP contribution in [-0.4, -0.2) is 12.3 Å². The topological polar surface area (TPSA) is 12.0 Å². The highest BCUT2D eigenvalue weighted by molar-refractivity contribution is 7.98. The summed E-state index contributed by atoms with van der Waals surface area (Å²) in [7, 11) is 0. The molecule has 2 heteroatoms. The Labute approximate surface area is 103 Å². The summed E-state index contributed by atoms with van der Waals surface area (Å²) < 4.78 is 0. The normalized spacial score (nSPS) is 24.6. The molecule has 2 unspecified atom stereocenters. The highest BCUT2D eigenvalue weighted by Crippen LogP contribution is 2.33. The standard InChI is InChI=1S/C14H21NS/c1-3-11-7-6-9-12(11)15-13-8-4-5-10-14(13)16-2/h4-5,8,10-12,15H,3,6-7,9H2,1-2H3. The van der Waals surface area contributed by atoms with Crippen molar-refractivity contribution in [3.63, 3.8) is 0 Å². The second-order valence-electron chi connectivity index (χ2n) is 4.55. The van der Waals surface area contributed by atoms with E-state index in [4.69, 9.17) is 0 Å². The third kappa shape index (κ3) is 2.54. The van der Waals surface area contributed by atoms with E-state index in [9.17, 15) is 0 Å². The van der Waals surface area contributed by atoms with Crippen LogP contribution in [0.3, 0.4) is 0 Å². The van der Waals surface area contributed by atoms with Crippen LogP contribution in [0.5, 0.6) is 0 Å². The molecule has 0 aliphatic heterocycles. The van der Waals surface area contributed by atoms with Crippen LogP contribution in [0, 0.1) is 5.92 Å². The number of rotatable bonds is 4. The van der Waals surface area contributed by atoms with Crippen LogP contribution < -0.4 is 5.32 Å². The van der Waals surface area contributed by atoms with E-state index in [1.54, 1.807) is 0 Å². The number of nitrogens with one attached hydrogen (secondary N) is 1. The predicted octanol–water partition coefficient (Wildman–Crippen LogP) is 4.40. The van der Waals surface area contributed by atoms with Gasteiger partial charge in [0, 0.05) is 16.6 Å². The van der Waals surface area contributed by atoms with Crippen molar-refractivity contribution in [2.45, 2.75) is 43.5 Å². The van der Waals surface area contributed by atoms with Crippen molar-refractivity contribution in [2.75, 3.05) is 11.6 Å². The Hall–Kier alpha value is -0.630. The van der Waals surface area contributed by atoms with Gasteiger partial charge >= 0.3 is 0 Å². The van der Waals surface area contributed by atoms with Crippen LogP contribution >= 0.6 is 11.8 Å². The molecule has 2 atom stereocenters. The van der Waals surface area contributed by atoms with Crippen molar-refractivity contribution in [1.29, 1.82) is 0 Å². The molecule has 1 aromatic rings. The minimum Gasteiger partial charge on any atom is -0.381 e. The van der Waals surface area contributed by atoms with Crippen molar-refractivity contribution >= 4 is 17.4 Å². The van der Waals surface area contributed by atoms with Crippen LogP contribution in [0.2, 0.25) is 0 Å². The molecule has 1 aromatic carbocycles. The Morgan fingerprint density at radius 2 is 2.12 bits per heavy atom. The lowest BCUT2D eigenvalue weighted by Gasteiger charge is -2.22. The van der Waals surface area contributed by atoms with Crippen LogP contribution in [0.25, 0.3) is 0 Å². The number of benzene rings is 1. The molecule has 1 N–H and O–H groups in total. The zero-order valence-electron chi connectivity index (χ0n) is 10.2. The first kappa shape index (κ1) is 11.8. The van der Waals surface area contributed by atoms with Crippen LogP contribution in [0.15, 0.2) is 29.2 Å². The highest BCUT2D eigenvalue weighted by atomic mass is 32.2. The minimum absolute atomic E-state index is 0.693. The number of anilines is 1. The number of para-hydroxylation sites is 1. The molecule has 1 saturated carbocycles. The third-order valence-electron chi connectivity index (χ3n) is 3.63. The lowest BCUT2D eigenvalue weighted by molar-refractivity contribution is 0.488. The lowest BCUT2D eigenvalue weighted by atomic mass is 10.0. The van der Waals surface area contributed by atoms with Crippen LogP contribution in [-0.2, 0) is 0 Å². The molecule has 16 heavy (non-hydrogen) atoms. The van der Waals surface area contributed by atoms with Crippen LogP contribution in [0.1, 0.15) is 32.6 Å². The molecule has 0 heterocycles. The van der Waals surface area contributed by atoms with Crippen molar-refractivity contribution in [2.24, 2.45) is 5.92 Å². The van der Waals surface area contributed by atoms with E-state index in [1.807, 2.05) is 11.8 Å². The van der Waals surface area contributed by atoms with Gasteiger partial charge in [-0.05, 0) is 37.1 Å². The first-order valence-electron chi connectivity index (χ1n) is 6.24. The van der Waals surface area contributed by atoms with Gasteiger partial charge in [0.05, 0.1) is 0 Å². The third-order valence-corrected chi connectivity index (χ3v) is 4.43. The largest absolute Gasteiger partial charge is 0.381 e. The average Bonchev–Trinajstić information content (AvgIpc) is 2.77. The van der Waals surface area contributed by atoms with E-state index in [-0.39, 0.29) is 0 Å². The number of thioether (sulfide) groups is 1. The first-order chi connectivity index (χ1) is 7.85. The quantitative estimate of drug-likeness (QED) is 0.776. The Bertz CT molecular complexity index is 337. The summed E-state index contributed by atoms with van der Waals surface area (Å²) in [5.74, 6) is 0.870. The minimum atomic E-state index is 0.693. The summed E-state index contributed by atoms with van der Waals surface area (Å²) in [6, 6.07) is 9.33. The number of hydrogen-bond donors (Lipinski definition) is 1. The van der Waals surface area contributed by atoms with E-state index in [0.29, 0.717) is 6.04 Å². The maximum atomic E-state index is 3.74. The Kier molecular flexibility index (Phi) is 4.16. The van der Waals surface area contributed by atoms with E-state index in [1.165, 1.54) is 36.3 Å². The average molecular weight is 235 g/mol. The molecule has 1 fully saturated rings. The van der Waals surface area contributed by atoms with Gasteiger partial charge in [-0.25, -0.2) is 0 Å². The Morgan fingerprint density at radius 3 is 2.88 bits per heavy atom. The van der Waals surface area contributed by atoms with E-state index in [0.717, 1.165) is 5.92 Å². The molecule has 0 spiro atoms.